The maximum absolute atomic E-state index is 13.1. The smallest absolute Gasteiger partial charge is 0.148 e. The number of aromatic nitrogens is 2. The van der Waals surface area contributed by atoms with E-state index in [2.05, 4.69) is 5.10 Å². The fourth-order valence-corrected chi connectivity index (χ4v) is 1.56. The van der Waals surface area contributed by atoms with Crippen LogP contribution >= 0.6 is 0 Å². The molecule has 2 N–H and O–H groups in total. The summed E-state index contributed by atoms with van der Waals surface area (Å²) < 4.78 is 14.8. The second kappa shape index (κ2) is 4.26. The van der Waals surface area contributed by atoms with E-state index in [9.17, 15) is 4.39 Å². The first-order valence-electron chi connectivity index (χ1n) is 5.08. The Balaban J connectivity index is 2.28. The Kier molecular flexibility index (Phi) is 2.79. The van der Waals surface area contributed by atoms with E-state index in [1.807, 2.05) is 19.2 Å². The summed E-state index contributed by atoms with van der Waals surface area (Å²) in [5.41, 5.74) is 7.38. The average molecular weight is 230 g/mol. The van der Waals surface area contributed by atoms with Gasteiger partial charge in [-0.25, -0.2) is 4.39 Å². The molecule has 5 heteroatoms. The van der Waals surface area contributed by atoms with Crippen LogP contribution in [0.4, 0.5) is 10.2 Å². The lowest BCUT2D eigenvalue weighted by Crippen LogP contribution is -2.02. The monoisotopic (exact) mass is 230 g/mol. The van der Waals surface area contributed by atoms with E-state index >= 15 is 0 Å². The lowest BCUT2D eigenvalue weighted by molar-refractivity contribution is 0.620. The third-order valence-corrected chi connectivity index (χ3v) is 2.48. The van der Waals surface area contributed by atoms with Gasteiger partial charge in [0.15, 0.2) is 0 Å². The zero-order valence-corrected chi connectivity index (χ0v) is 9.31. The summed E-state index contributed by atoms with van der Waals surface area (Å²) in [6, 6.07) is 6.24. The zero-order valence-electron chi connectivity index (χ0n) is 9.31. The third-order valence-electron chi connectivity index (χ3n) is 2.48. The summed E-state index contributed by atoms with van der Waals surface area (Å²) in [4.78, 5) is 0. The number of rotatable bonds is 2. The van der Waals surface area contributed by atoms with Crippen molar-refractivity contribution in [2.75, 3.05) is 5.73 Å². The molecule has 0 amide bonds. The molecule has 0 fully saturated rings. The van der Waals surface area contributed by atoms with E-state index in [-0.39, 0.29) is 5.56 Å². The molecule has 2 aromatic rings. The molecule has 0 atom stereocenters. The minimum absolute atomic E-state index is 0.0411. The van der Waals surface area contributed by atoms with Crippen molar-refractivity contribution in [3.05, 3.63) is 46.9 Å². The van der Waals surface area contributed by atoms with Crippen LogP contribution in [0.3, 0.4) is 0 Å². The molecule has 0 aliphatic heterocycles. The number of halogens is 1. The predicted molar refractivity (Wildman–Crippen MR) is 61.6 cm³/mol. The SMILES string of the molecule is Cc1cn(Cc2ccc(F)c(C#N)c2)nc1N. The first-order chi connectivity index (χ1) is 8.10. The van der Waals surface area contributed by atoms with Crippen LogP contribution in [-0.2, 0) is 6.54 Å². The first kappa shape index (κ1) is 11.1. The minimum Gasteiger partial charge on any atom is -0.382 e. The van der Waals surface area contributed by atoms with Crippen molar-refractivity contribution in [1.82, 2.24) is 9.78 Å². The van der Waals surface area contributed by atoms with Crippen LogP contribution in [0.15, 0.2) is 24.4 Å². The highest BCUT2D eigenvalue weighted by atomic mass is 19.1. The highest BCUT2D eigenvalue weighted by Crippen LogP contribution is 2.12. The van der Waals surface area contributed by atoms with E-state index in [0.29, 0.717) is 12.4 Å². The Morgan fingerprint density at radius 3 is 2.88 bits per heavy atom. The summed E-state index contributed by atoms with van der Waals surface area (Å²) >= 11 is 0. The number of nitriles is 1. The largest absolute Gasteiger partial charge is 0.382 e. The van der Waals surface area contributed by atoms with Gasteiger partial charge in [0.1, 0.15) is 17.7 Å². The predicted octanol–water partition coefficient (Wildman–Crippen LogP) is 1.83. The van der Waals surface area contributed by atoms with Crippen LogP contribution in [-0.4, -0.2) is 9.78 Å². The first-order valence-corrected chi connectivity index (χ1v) is 5.08. The summed E-state index contributed by atoms with van der Waals surface area (Å²) in [5.74, 6) is -0.0278. The Hall–Kier alpha value is -2.35. The van der Waals surface area contributed by atoms with Crippen LogP contribution in [0.2, 0.25) is 0 Å². The summed E-state index contributed by atoms with van der Waals surface area (Å²) in [5, 5.41) is 12.8. The van der Waals surface area contributed by atoms with Crippen LogP contribution in [0, 0.1) is 24.1 Å². The molecule has 0 spiro atoms. The van der Waals surface area contributed by atoms with E-state index in [1.54, 1.807) is 10.7 Å². The van der Waals surface area contributed by atoms with E-state index in [0.717, 1.165) is 11.1 Å². The molecule has 1 aromatic carbocycles. The molecule has 2 rings (SSSR count). The van der Waals surface area contributed by atoms with Gasteiger partial charge >= 0.3 is 0 Å². The number of anilines is 1. The quantitative estimate of drug-likeness (QED) is 0.855. The average Bonchev–Trinajstić information content (AvgIpc) is 2.61. The second-order valence-electron chi connectivity index (χ2n) is 3.82. The van der Waals surface area contributed by atoms with Crippen LogP contribution in [0.5, 0.6) is 0 Å². The van der Waals surface area contributed by atoms with Crippen LogP contribution in [0.25, 0.3) is 0 Å². The lowest BCUT2D eigenvalue weighted by Gasteiger charge is -2.02. The highest BCUT2D eigenvalue weighted by molar-refractivity contribution is 5.37. The van der Waals surface area contributed by atoms with Gasteiger partial charge in [0.25, 0.3) is 0 Å². The van der Waals surface area contributed by atoms with Gasteiger partial charge < -0.3 is 5.73 Å². The van der Waals surface area contributed by atoms with E-state index in [1.165, 1.54) is 12.1 Å². The summed E-state index contributed by atoms with van der Waals surface area (Å²) in [7, 11) is 0. The second-order valence-corrected chi connectivity index (χ2v) is 3.82. The minimum atomic E-state index is -0.507. The molecule has 1 aromatic heterocycles. The van der Waals surface area contributed by atoms with Gasteiger partial charge in [0, 0.05) is 11.8 Å². The van der Waals surface area contributed by atoms with Crippen molar-refractivity contribution >= 4 is 5.82 Å². The van der Waals surface area contributed by atoms with Crippen molar-refractivity contribution in [3.63, 3.8) is 0 Å². The number of hydrogen-bond acceptors (Lipinski definition) is 3. The molecule has 17 heavy (non-hydrogen) atoms. The molecule has 1 heterocycles. The zero-order chi connectivity index (χ0) is 12.4. The maximum Gasteiger partial charge on any atom is 0.148 e. The number of benzene rings is 1. The fraction of sp³-hybridized carbons (Fsp3) is 0.167. The number of nitrogens with two attached hydrogens (primary N) is 1. The molecular weight excluding hydrogens is 219 g/mol. The molecule has 0 radical (unpaired) electrons. The van der Waals surface area contributed by atoms with Crippen molar-refractivity contribution in [2.24, 2.45) is 0 Å². The van der Waals surface area contributed by atoms with Gasteiger partial charge in [-0.05, 0) is 24.6 Å². The van der Waals surface area contributed by atoms with Crippen LogP contribution < -0.4 is 5.73 Å². The van der Waals surface area contributed by atoms with E-state index < -0.39 is 5.82 Å². The Morgan fingerprint density at radius 1 is 1.53 bits per heavy atom. The Bertz CT molecular complexity index is 576. The van der Waals surface area contributed by atoms with Gasteiger partial charge in [-0.1, -0.05) is 6.07 Å². The van der Waals surface area contributed by atoms with Gasteiger partial charge in [-0.15, -0.1) is 0 Å². The van der Waals surface area contributed by atoms with Crippen molar-refractivity contribution < 1.29 is 4.39 Å². The Morgan fingerprint density at radius 2 is 2.29 bits per heavy atom. The number of hydrogen-bond donors (Lipinski definition) is 1. The van der Waals surface area contributed by atoms with Crippen molar-refractivity contribution in [1.29, 1.82) is 5.26 Å². The number of nitrogen functional groups attached to an aromatic ring is 1. The molecule has 0 saturated heterocycles. The number of nitrogens with zero attached hydrogens (tertiary/aromatic N) is 3. The van der Waals surface area contributed by atoms with Gasteiger partial charge in [-0.2, -0.15) is 10.4 Å². The normalized spacial score (nSPS) is 10.2. The van der Waals surface area contributed by atoms with Crippen molar-refractivity contribution in [3.8, 4) is 6.07 Å². The van der Waals surface area contributed by atoms with Crippen molar-refractivity contribution in [2.45, 2.75) is 13.5 Å². The van der Waals surface area contributed by atoms with Gasteiger partial charge in [-0.3, -0.25) is 4.68 Å². The third kappa shape index (κ3) is 2.26. The fourth-order valence-electron chi connectivity index (χ4n) is 1.56. The molecule has 0 unspecified atom stereocenters. The Labute approximate surface area is 98.1 Å². The highest BCUT2D eigenvalue weighted by Gasteiger charge is 2.05. The molecule has 0 saturated carbocycles. The topological polar surface area (TPSA) is 67.6 Å². The molecule has 4 nitrogen and oxygen atoms in total. The standard InChI is InChI=1S/C12H11FN4/c1-8-6-17(16-12(8)15)7-9-2-3-11(13)10(4-9)5-14/h2-4,6H,7H2,1H3,(H2,15,16). The molecule has 0 bridgehead atoms. The summed E-state index contributed by atoms with van der Waals surface area (Å²) in [6.07, 6.45) is 1.81. The number of aryl methyl sites for hydroxylation is 1. The maximum atomic E-state index is 13.1. The van der Waals surface area contributed by atoms with Gasteiger partial charge in [0.05, 0.1) is 12.1 Å². The molecule has 0 aliphatic rings. The van der Waals surface area contributed by atoms with E-state index in [4.69, 9.17) is 11.0 Å². The molecular formula is C12H11FN4. The van der Waals surface area contributed by atoms with Gasteiger partial charge in [0.2, 0.25) is 0 Å². The lowest BCUT2D eigenvalue weighted by atomic mass is 10.1. The molecule has 86 valence electrons. The molecule has 0 aliphatic carbocycles. The van der Waals surface area contributed by atoms with Crippen LogP contribution in [0.1, 0.15) is 16.7 Å². The summed E-state index contributed by atoms with van der Waals surface area (Å²) in [6.45, 7) is 2.33.